The number of nitrogens with zero attached hydrogens (tertiary/aromatic N) is 3. The van der Waals surface area contributed by atoms with Crippen LogP contribution < -0.4 is 5.32 Å². The van der Waals surface area contributed by atoms with Gasteiger partial charge in [0.05, 0.1) is 5.56 Å². The standard InChI is InChI=1S/C23H19ClN4OS/c1-13-9-17(15(3)28(13)23-21(12-26)14(2)16(4)30-23)10-18(11-25)22(29)27-20-7-5-19(24)6-8-20/h5-10H,1-4H3,(H,27,29)/b18-10-. The second kappa shape index (κ2) is 8.59. The zero-order chi connectivity index (χ0) is 22.0. The Bertz CT molecular complexity index is 1250. The van der Waals surface area contributed by atoms with E-state index < -0.39 is 5.91 Å². The molecule has 0 aliphatic rings. The van der Waals surface area contributed by atoms with Gasteiger partial charge in [0.25, 0.3) is 5.91 Å². The highest BCUT2D eigenvalue weighted by Gasteiger charge is 2.19. The number of thiophene rings is 1. The number of carbonyl (C=O) groups excluding carboxylic acids is 1. The second-order valence-electron chi connectivity index (χ2n) is 6.87. The molecule has 0 aliphatic carbocycles. The number of anilines is 1. The summed E-state index contributed by atoms with van der Waals surface area (Å²) in [6, 6.07) is 12.9. The van der Waals surface area contributed by atoms with Crippen LogP contribution in [0.3, 0.4) is 0 Å². The Hall–Kier alpha value is -3.32. The molecular formula is C23H19ClN4OS. The molecule has 0 spiro atoms. The molecule has 0 fully saturated rings. The molecule has 0 unspecified atom stereocenters. The molecule has 0 atom stereocenters. The number of nitrogens with one attached hydrogen (secondary N) is 1. The zero-order valence-corrected chi connectivity index (χ0v) is 18.6. The summed E-state index contributed by atoms with van der Waals surface area (Å²) in [5, 5.41) is 23.3. The van der Waals surface area contributed by atoms with Gasteiger partial charge in [-0.1, -0.05) is 11.6 Å². The number of halogens is 1. The van der Waals surface area contributed by atoms with Crippen LogP contribution in [-0.4, -0.2) is 10.5 Å². The van der Waals surface area contributed by atoms with Crippen molar-refractivity contribution in [2.24, 2.45) is 0 Å². The predicted octanol–water partition coefficient (Wildman–Crippen LogP) is 5.84. The van der Waals surface area contributed by atoms with Gasteiger partial charge >= 0.3 is 0 Å². The molecule has 3 rings (SSSR count). The third kappa shape index (κ3) is 4.02. The van der Waals surface area contributed by atoms with E-state index in [-0.39, 0.29) is 5.57 Å². The number of carbonyl (C=O) groups is 1. The van der Waals surface area contributed by atoms with Gasteiger partial charge in [0, 0.05) is 27.0 Å². The van der Waals surface area contributed by atoms with Crippen LogP contribution in [0.4, 0.5) is 5.69 Å². The van der Waals surface area contributed by atoms with Gasteiger partial charge in [0.15, 0.2) is 0 Å². The summed E-state index contributed by atoms with van der Waals surface area (Å²) in [6.45, 7) is 7.79. The monoisotopic (exact) mass is 434 g/mol. The molecule has 0 saturated carbocycles. The molecule has 1 aromatic carbocycles. The van der Waals surface area contributed by atoms with E-state index in [1.165, 1.54) is 0 Å². The van der Waals surface area contributed by atoms with Crippen molar-refractivity contribution in [3.63, 3.8) is 0 Å². The summed E-state index contributed by atoms with van der Waals surface area (Å²) in [5.41, 5.74) is 4.70. The molecule has 1 amide bonds. The highest BCUT2D eigenvalue weighted by atomic mass is 35.5. The van der Waals surface area contributed by atoms with E-state index in [4.69, 9.17) is 11.6 Å². The SMILES string of the molecule is Cc1sc(-n2c(C)cc(/C=C(/C#N)C(=O)Nc3ccc(Cl)cc3)c2C)c(C#N)c1C. The van der Waals surface area contributed by atoms with Gasteiger partial charge in [-0.25, -0.2) is 0 Å². The number of hydrogen-bond acceptors (Lipinski definition) is 4. The fraction of sp³-hybridized carbons (Fsp3) is 0.174. The number of nitriles is 2. The van der Waals surface area contributed by atoms with E-state index in [9.17, 15) is 15.3 Å². The third-order valence-corrected chi connectivity index (χ3v) is 6.36. The van der Waals surface area contributed by atoms with Crippen LogP contribution in [0.15, 0.2) is 35.9 Å². The Balaban J connectivity index is 1.99. The molecular weight excluding hydrogens is 416 g/mol. The lowest BCUT2D eigenvalue weighted by Crippen LogP contribution is -2.13. The summed E-state index contributed by atoms with van der Waals surface area (Å²) in [7, 11) is 0. The third-order valence-electron chi connectivity index (χ3n) is 4.92. The maximum atomic E-state index is 12.6. The highest BCUT2D eigenvalue weighted by molar-refractivity contribution is 7.14. The lowest BCUT2D eigenvalue weighted by Gasteiger charge is -2.08. The molecule has 0 radical (unpaired) electrons. The van der Waals surface area contributed by atoms with Crippen molar-refractivity contribution in [2.45, 2.75) is 27.7 Å². The van der Waals surface area contributed by atoms with Crippen molar-refractivity contribution in [1.29, 1.82) is 10.5 Å². The van der Waals surface area contributed by atoms with Crippen LogP contribution in [0.25, 0.3) is 11.1 Å². The summed E-state index contributed by atoms with van der Waals surface area (Å²) >= 11 is 7.42. The van der Waals surface area contributed by atoms with E-state index in [1.54, 1.807) is 41.7 Å². The van der Waals surface area contributed by atoms with Crippen LogP contribution in [0.2, 0.25) is 5.02 Å². The van der Waals surface area contributed by atoms with Crippen LogP contribution in [0, 0.1) is 50.4 Å². The molecule has 150 valence electrons. The Morgan fingerprint density at radius 1 is 1.17 bits per heavy atom. The van der Waals surface area contributed by atoms with Crippen molar-refractivity contribution in [3.05, 3.63) is 73.9 Å². The fourth-order valence-corrected chi connectivity index (χ4v) is 4.52. The van der Waals surface area contributed by atoms with E-state index in [0.29, 0.717) is 16.3 Å². The van der Waals surface area contributed by atoms with E-state index in [1.807, 2.05) is 44.4 Å². The average Bonchev–Trinajstić information content (AvgIpc) is 3.15. The summed E-state index contributed by atoms with van der Waals surface area (Å²) in [4.78, 5) is 13.7. The van der Waals surface area contributed by atoms with Crippen LogP contribution in [-0.2, 0) is 4.79 Å². The Kier molecular flexibility index (Phi) is 6.12. The molecule has 3 aromatic rings. The molecule has 0 aliphatic heterocycles. The molecule has 1 N–H and O–H groups in total. The van der Waals surface area contributed by atoms with Gasteiger partial charge in [-0.3, -0.25) is 4.79 Å². The van der Waals surface area contributed by atoms with E-state index in [0.717, 1.165) is 32.4 Å². The maximum absolute atomic E-state index is 12.6. The summed E-state index contributed by atoms with van der Waals surface area (Å²) in [6.07, 6.45) is 1.57. The van der Waals surface area contributed by atoms with Crippen LogP contribution in [0.1, 0.15) is 33.0 Å². The van der Waals surface area contributed by atoms with E-state index >= 15 is 0 Å². The predicted molar refractivity (Wildman–Crippen MR) is 121 cm³/mol. The van der Waals surface area contributed by atoms with Gasteiger partial charge in [0.1, 0.15) is 22.7 Å². The lowest BCUT2D eigenvalue weighted by atomic mass is 10.1. The first-order chi connectivity index (χ1) is 14.3. The smallest absolute Gasteiger partial charge is 0.266 e. The topological polar surface area (TPSA) is 81.6 Å². The molecule has 7 heteroatoms. The normalized spacial score (nSPS) is 11.1. The first-order valence-corrected chi connectivity index (χ1v) is 10.3. The van der Waals surface area contributed by atoms with Crippen LogP contribution in [0.5, 0.6) is 0 Å². The van der Waals surface area contributed by atoms with Gasteiger partial charge in [-0.05, 0) is 75.2 Å². The maximum Gasteiger partial charge on any atom is 0.266 e. The van der Waals surface area contributed by atoms with Crippen molar-refractivity contribution in [3.8, 4) is 17.1 Å². The van der Waals surface area contributed by atoms with Gasteiger partial charge in [0.2, 0.25) is 0 Å². The first-order valence-electron chi connectivity index (χ1n) is 9.15. The van der Waals surface area contributed by atoms with E-state index in [2.05, 4.69) is 11.4 Å². The van der Waals surface area contributed by atoms with Gasteiger partial charge < -0.3 is 9.88 Å². The number of aryl methyl sites for hydroxylation is 2. The number of rotatable bonds is 4. The van der Waals surface area contributed by atoms with Crippen LogP contribution >= 0.6 is 22.9 Å². The Morgan fingerprint density at radius 2 is 1.83 bits per heavy atom. The number of benzene rings is 1. The molecule has 0 bridgehead atoms. The van der Waals surface area contributed by atoms with Gasteiger partial charge in [-0.15, -0.1) is 11.3 Å². The minimum Gasteiger partial charge on any atom is -0.321 e. The van der Waals surface area contributed by atoms with Crippen molar-refractivity contribution >= 4 is 40.6 Å². The number of aromatic nitrogens is 1. The lowest BCUT2D eigenvalue weighted by molar-refractivity contribution is -0.112. The Labute approximate surface area is 184 Å². The zero-order valence-electron chi connectivity index (χ0n) is 17.0. The highest BCUT2D eigenvalue weighted by Crippen LogP contribution is 2.34. The number of amides is 1. The molecule has 2 aromatic heterocycles. The quantitative estimate of drug-likeness (QED) is 0.413. The first kappa shape index (κ1) is 21.4. The minimum atomic E-state index is -0.495. The summed E-state index contributed by atoms with van der Waals surface area (Å²) < 4.78 is 2.00. The van der Waals surface area contributed by atoms with Crippen molar-refractivity contribution < 1.29 is 4.79 Å². The largest absolute Gasteiger partial charge is 0.321 e. The fourth-order valence-electron chi connectivity index (χ4n) is 3.18. The Morgan fingerprint density at radius 3 is 2.43 bits per heavy atom. The minimum absolute atomic E-state index is 0.00996. The van der Waals surface area contributed by atoms with Gasteiger partial charge in [-0.2, -0.15) is 10.5 Å². The number of hydrogen-bond donors (Lipinski definition) is 1. The molecule has 0 saturated heterocycles. The van der Waals surface area contributed by atoms with Crippen molar-refractivity contribution in [2.75, 3.05) is 5.32 Å². The average molecular weight is 435 g/mol. The second-order valence-corrected chi connectivity index (χ2v) is 8.51. The molecule has 5 nitrogen and oxygen atoms in total. The van der Waals surface area contributed by atoms with Crippen molar-refractivity contribution in [1.82, 2.24) is 4.57 Å². The summed E-state index contributed by atoms with van der Waals surface area (Å²) in [5.74, 6) is -0.495. The molecule has 30 heavy (non-hydrogen) atoms. The molecule has 2 heterocycles.